The van der Waals surface area contributed by atoms with E-state index >= 15 is 0 Å². The quantitative estimate of drug-likeness (QED) is 0.834. The molecule has 1 unspecified atom stereocenters. The van der Waals surface area contributed by atoms with Gasteiger partial charge in [0.05, 0.1) is 0 Å². The summed E-state index contributed by atoms with van der Waals surface area (Å²) in [6.45, 7) is 8.78. The monoisotopic (exact) mass is 253 g/mol. The lowest BCUT2D eigenvalue weighted by Gasteiger charge is -2.24. The van der Waals surface area contributed by atoms with Crippen LogP contribution in [0.5, 0.6) is 0 Å². The Hall–Kier alpha value is -0.740. The van der Waals surface area contributed by atoms with E-state index < -0.39 is 0 Å². The third-order valence-corrected chi connectivity index (χ3v) is 3.33. The molecule has 96 valence electrons. The van der Waals surface area contributed by atoms with Gasteiger partial charge < -0.3 is 4.90 Å². The number of nitrogens with zero attached hydrogens (tertiary/aromatic N) is 2. The van der Waals surface area contributed by atoms with E-state index in [9.17, 15) is 0 Å². The van der Waals surface area contributed by atoms with Crippen molar-refractivity contribution in [1.82, 2.24) is 9.71 Å². The standard InChI is InChI=1S/C13H23N3S/c1-10(15-17-13(2,3)4)11-8-7-9-14-12(11)16(5)6/h7-10,15H,1-6H3. The van der Waals surface area contributed by atoms with Gasteiger partial charge in [0.25, 0.3) is 0 Å². The summed E-state index contributed by atoms with van der Waals surface area (Å²) in [6.07, 6.45) is 1.84. The predicted octanol–water partition coefficient (Wildman–Crippen LogP) is 3.24. The Morgan fingerprint density at radius 1 is 1.35 bits per heavy atom. The van der Waals surface area contributed by atoms with Gasteiger partial charge in [0.15, 0.2) is 0 Å². The average Bonchev–Trinajstić information content (AvgIpc) is 2.25. The highest BCUT2D eigenvalue weighted by molar-refractivity contribution is 7.98. The van der Waals surface area contributed by atoms with Crippen molar-refractivity contribution >= 4 is 17.8 Å². The first kappa shape index (κ1) is 14.3. The zero-order chi connectivity index (χ0) is 13.1. The topological polar surface area (TPSA) is 28.2 Å². The average molecular weight is 253 g/mol. The first-order chi connectivity index (χ1) is 7.81. The summed E-state index contributed by atoms with van der Waals surface area (Å²) >= 11 is 1.76. The van der Waals surface area contributed by atoms with Gasteiger partial charge in [-0.25, -0.2) is 4.98 Å². The Balaban J connectivity index is 2.78. The predicted molar refractivity (Wildman–Crippen MR) is 77.5 cm³/mol. The summed E-state index contributed by atoms with van der Waals surface area (Å²) in [5, 5.41) is 0. The molecule has 0 fully saturated rings. The van der Waals surface area contributed by atoms with Crippen LogP contribution in [0.4, 0.5) is 5.82 Å². The molecule has 0 spiro atoms. The highest BCUT2D eigenvalue weighted by atomic mass is 32.2. The van der Waals surface area contributed by atoms with Gasteiger partial charge in [0.1, 0.15) is 5.82 Å². The van der Waals surface area contributed by atoms with Crippen molar-refractivity contribution in [2.75, 3.05) is 19.0 Å². The normalized spacial score (nSPS) is 13.5. The summed E-state index contributed by atoms with van der Waals surface area (Å²) in [7, 11) is 4.05. The number of nitrogens with one attached hydrogen (secondary N) is 1. The minimum atomic E-state index is 0.217. The fourth-order valence-corrected chi connectivity index (χ4v) is 2.11. The van der Waals surface area contributed by atoms with E-state index in [1.54, 1.807) is 11.9 Å². The summed E-state index contributed by atoms with van der Waals surface area (Å²) in [5.41, 5.74) is 1.23. The molecule has 0 saturated heterocycles. The molecule has 0 bridgehead atoms. The number of aromatic nitrogens is 1. The van der Waals surface area contributed by atoms with Crippen LogP contribution in [0.25, 0.3) is 0 Å². The molecule has 1 aromatic rings. The van der Waals surface area contributed by atoms with E-state index in [0.29, 0.717) is 0 Å². The molecule has 0 aliphatic heterocycles. The maximum absolute atomic E-state index is 4.42. The minimum absolute atomic E-state index is 0.217. The van der Waals surface area contributed by atoms with Crippen LogP contribution in [0.1, 0.15) is 39.3 Å². The van der Waals surface area contributed by atoms with Crippen molar-refractivity contribution in [1.29, 1.82) is 0 Å². The second-order valence-corrected chi connectivity index (χ2v) is 7.03. The van der Waals surface area contributed by atoms with Gasteiger partial charge in [-0.15, -0.1) is 0 Å². The van der Waals surface area contributed by atoms with Crippen LogP contribution >= 0.6 is 11.9 Å². The number of anilines is 1. The molecular formula is C13H23N3S. The first-order valence-corrected chi connectivity index (χ1v) is 6.68. The fraction of sp³-hybridized carbons (Fsp3) is 0.615. The highest BCUT2D eigenvalue weighted by Crippen LogP contribution is 2.27. The van der Waals surface area contributed by atoms with Crippen molar-refractivity contribution in [3.8, 4) is 0 Å². The smallest absolute Gasteiger partial charge is 0.132 e. The zero-order valence-electron chi connectivity index (χ0n) is 11.6. The lowest BCUT2D eigenvalue weighted by molar-refractivity contribution is 0.719. The summed E-state index contributed by atoms with van der Waals surface area (Å²) < 4.78 is 3.70. The molecule has 0 aliphatic rings. The van der Waals surface area contributed by atoms with Crippen molar-refractivity contribution in [2.45, 2.75) is 38.5 Å². The number of rotatable bonds is 4. The van der Waals surface area contributed by atoms with Crippen LogP contribution in [0.15, 0.2) is 18.3 Å². The Morgan fingerprint density at radius 3 is 2.53 bits per heavy atom. The van der Waals surface area contributed by atoms with Gasteiger partial charge >= 0.3 is 0 Å². The lowest BCUT2D eigenvalue weighted by atomic mass is 10.1. The molecule has 1 N–H and O–H groups in total. The second-order valence-electron chi connectivity index (χ2n) is 5.36. The minimum Gasteiger partial charge on any atom is -0.362 e. The van der Waals surface area contributed by atoms with E-state index in [-0.39, 0.29) is 10.8 Å². The molecule has 0 aliphatic carbocycles. The summed E-state index contributed by atoms with van der Waals surface area (Å²) in [4.78, 5) is 6.47. The highest BCUT2D eigenvalue weighted by Gasteiger charge is 2.16. The van der Waals surface area contributed by atoms with Crippen LogP contribution in [0, 0.1) is 0 Å². The Labute approximate surface area is 109 Å². The van der Waals surface area contributed by atoms with Gasteiger partial charge in [0, 0.05) is 36.6 Å². The van der Waals surface area contributed by atoms with E-state index in [1.165, 1.54) is 5.56 Å². The van der Waals surface area contributed by atoms with Gasteiger partial charge in [-0.05, 0) is 33.8 Å². The second kappa shape index (κ2) is 5.74. The van der Waals surface area contributed by atoms with Crippen molar-refractivity contribution in [3.63, 3.8) is 0 Å². The van der Waals surface area contributed by atoms with Gasteiger partial charge in [-0.2, -0.15) is 0 Å². The Morgan fingerprint density at radius 2 is 2.00 bits per heavy atom. The summed E-state index contributed by atoms with van der Waals surface area (Å²) in [5.74, 6) is 1.03. The van der Waals surface area contributed by atoms with E-state index in [1.807, 2.05) is 26.4 Å². The van der Waals surface area contributed by atoms with Gasteiger partial charge in [-0.3, -0.25) is 4.72 Å². The molecule has 1 atom stereocenters. The van der Waals surface area contributed by atoms with E-state index in [2.05, 4.69) is 48.4 Å². The molecule has 0 aromatic carbocycles. The molecule has 0 amide bonds. The molecule has 0 radical (unpaired) electrons. The molecule has 17 heavy (non-hydrogen) atoms. The van der Waals surface area contributed by atoms with Gasteiger partial charge in [-0.1, -0.05) is 18.0 Å². The fourth-order valence-electron chi connectivity index (χ4n) is 1.45. The third kappa shape index (κ3) is 4.56. The van der Waals surface area contributed by atoms with Gasteiger partial charge in [0.2, 0.25) is 0 Å². The maximum atomic E-state index is 4.42. The number of hydrogen-bond donors (Lipinski definition) is 1. The Bertz CT molecular complexity index is 358. The van der Waals surface area contributed by atoms with Crippen LogP contribution in [-0.2, 0) is 0 Å². The molecule has 0 saturated carbocycles. The zero-order valence-corrected chi connectivity index (χ0v) is 12.4. The van der Waals surface area contributed by atoms with Crippen molar-refractivity contribution in [3.05, 3.63) is 23.9 Å². The number of pyridine rings is 1. The van der Waals surface area contributed by atoms with Crippen molar-refractivity contribution in [2.24, 2.45) is 0 Å². The molecule has 1 heterocycles. The largest absolute Gasteiger partial charge is 0.362 e. The maximum Gasteiger partial charge on any atom is 0.132 e. The van der Waals surface area contributed by atoms with E-state index in [0.717, 1.165) is 5.82 Å². The molecule has 1 aromatic heterocycles. The lowest BCUT2D eigenvalue weighted by Crippen LogP contribution is -2.22. The molecule has 4 heteroatoms. The molecular weight excluding hydrogens is 230 g/mol. The SMILES string of the molecule is CC(NSC(C)(C)C)c1cccnc1N(C)C. The van der Waals surface area contributed by atoms with Crippen LogP contribution in [-0.4, -0.2) is 23.8 Å². The van der Waals surface area contributed by atoms with Crippen LogP contribution in [0.2, 0.25) is 0 Å². The number of hydrogen-bond acceptors (Lipinski definition) is 4. The summed E-state index contributed by atoms with van der Waals surface area (Å²) in [6, 6.07) is 4.40. The van der Waals surface area contributed by atoms with Crippen LogP contribution < -0.4 is 9.62 Å². The molecule has 3 nitrogen and oxygen atoms in total. The van der Waals surface area contributed by atoms with E-state index in [4.69, 9.17) is 0 Å². The van der Waals surface area contributed by atoms with Crippen molar-refractivity contribution < 1.29 is 0 Å². The third-order valence-electron chi connectivity index (χ3n) is 2.25. The Kier molecular flexibility index (Phi) is 4.83. The van der Waals surface area contributed by atoms with Crippen LogP contribution in [0.3, 0.4) is 0 Å². The first-order valence-electron chi connectivity index (χ1n) is 5.87. The molecule has 1 rings (SSSR count).